The summed E-state index contributed by atoms with van der Waals surface area (Å²) in [7, 11) is 1.40. The number of hydrogen-bond acceptors (Lipinski definition) is 3. The summed E-state index contributed by atoms with van der Waals surface area (Å²) >= 11 is 1.49. The minimum Gasteiger partial charge on any atom is -0.468 e. The standard InChI is InChI=1S/C6H12O2S/c1-6(2,9-4)5(7)8-3/h1-4H3. The molecule has 0 aromatic carbocycles. The summed E-state index contributed by atoms with van der Waals surface area (Å²) in [6.45, 7) is 3.67. The first-order valence-electron chi connectivity index (χ1n) is 2.68. The summed E-state index contributed by atoms with van der Waals surface area (Å²) in [5.41, 5.74) is 0. The molecule has 0 rings (SSSR count). The fourth-order valence-corrected chi connectivity index (χ4v) is 0.579. The molecule has 0 N–H and O–H groups in total. The fourth-order valence-electron chi connectivity index (χ4n) is 0.329. The van der Waals surface area contributed by atoms with Crippen LogP contribution in [0.25, 0.3) is 0 Å². The van der Waals surface area contributed by atoms with Crippen LogP contribution in [0.1, 0.15) is 13.8 Å². The van der Waals surface area contributed by atoms with Crippen LogP contribution in [0.15, 0.2) is 0 Å². The van der Waals surface area contributed by atoms with Gasteiger partial charge in [-0.3, -0.25) is 4.79 Å². The smallest absolute Gasteiger partial charge is 0.321 e. The molecule has 0 aliphatic heterocycles. The molecule has 0 bridgehead atoms. The SMILES string of the molecule is COC(=O)C(C)(C)SC. The van der Waals surface area contributed by atoms with Crippen LogP contribution in [0, 0.1) is 0 Å². The first kappa shape index (κ1) is 8.82. The molecule has 54 valence electrons. The quantitative estimate of drug-likeness (QED) is 0.552. The Kier molecular flexibility index (Phi) is 3.04. The molecule has 2 nitrogen and oxygen atoms in total. The third kappa shape index (κ3) is 2.26. The monoisotopic (exact) mass is 148 g/mol. The second-order valence-electron chi connectivity index (χ2n) is 2.21. The molecule has 9 heavy (non-hydrogen) atoms. The van der Waals surface area contributed by atoms with Gasteiger partial charge in [-0.2, -0.15) is 0 Å². The van der Waals surface area contributed by atoms with E-state index >= 15 is 0 Å². The molecule has 0 unspecified atom stereocenters. The third-order valence-corrected chi connectivity index (χ3v) is 2.37. The molecule has 0 radical (unpaired) electrons. The Hall–Kier alpha value is -0.180. The molecule has 0 amide bonds. The first-order valence-corrected chi connectivity index (χ1v) is 3.90. The van der Waals surface area contributed by atoms with Gasteiger partial charge >= 0.3 is 5.97 Å². The predicted molar refractivity (Wildman–Crippen MR) is 39.6 cm³/mol. The number of carbonyl (C=O) groups excluding carboxylic acids is 1. The van der Waals surface area contributed by atoms with Crippen molar-refractivity contribution in [3.63, 3.8) is 0 Å². The van der Waals surface area contributed by atoms with Gasteiger partial charge in [0.2, 0.25) is 0 Å². The molecule has 0 aliphatic carbocycles. The predicted octanol–water partition coefficient (Wildman–Crippen LogP) is 1.30. The maximum Gasteiger partial charge on any atom is 0.321 e. The summed E-state index contributed by atoms with van der Waals surface area (Å²) < 4.78 is 4.15. The molecule has 0 saturated heterocycles. The molecule has 0 aromatic rings. The van der Waals surface area contributed by atoms with E-state index < -0.39 is 4.75 Å². The topological polar surface area (TPSA) is 26.3 Å². The van der Waals surface area contributed by atoms with Gasteiger partial charge in [0.1, 0.15) is 4.75 Å². The summed E-state index contributed by atoms with van der Waals surface area (Å²) in [4.78, 5) is 10.8. The maximum absolute atomic E-state index is 10.8. The van der Waals surface area contributed by atoms with Gasteiger partial charge in [-0.25, -0.2) is 0 Å². The van der Waals surface area contributed by atoms with Crippen molar-refractivity contribution in [2.45, 2.75) is 18.6 Å². The van der Waals surface area contributed by atoms with E-state index in [-0.39, 0.29) is 5.97 Å². The lowest BCUT2D eigenvalue weighted by molar-refractivity contribution is -0.142. The van der Waals surface area contributed by atoms with Crippen molar-refractivity contribution in [3.05, 3.63) is 0 Å². The molecule has 0 fully saturated rings. The second kappa shape index (κ2) is 3.11. The lowest BCUT2D eigenvalue weighted by atomic mass is 10.2. The largest absolute Gasteiger partial charge is 0.468 e. The summed E-state index contributed by atoms with van der Waals surface area (Å²) in [6, 6.07) is 0. The second-order valence-corrected chi connectivity index (χ2v) is 3.63. The molecule has 0 spiro atoms. The first-order chi connectivity index (χ1) is 4.04. The van der Waals surface area contributed by atoms with Crippen molar-refractivity contribution < 1.29 is 9.53 Å². The highest BCUT2D eigenvalue weighted by molar-refractivity contribution is 8.00. The van der Waals surface area contributed by atoms with Crippen LogP contribution in [0.5, 0.6) is 0 Å². The minimum atomic E-state index is -0.394. The number of ether oxygens (including phenoxy) is 1. The lowest BCUT2D eigenvalue weighted by Gasteiger charge is -2.17. The zero-order valence-electron chi connectivity index (χ0n) is 6.22. The number of carbonyl (C=O) groups is 1. The maximum atomic E-state index is 10.8. The highest BCUT2D eigenvalue weighted by Crippen LogP contribution is 2.21. The Bertz CT molecular complexity index is 110. The Balaban J connectivity index is 3.97. The molecule has 0 aliphatic rings. The van der Waals surface area contributed by atoms with Crippen molar-refractivity contribution in [1.29, 1.82) is 0 Å². The molecule has 0 aromatic heterocycles. The minimum absolute atomic E-state index is 0.171. The zero-order chi connectivity index (χ0) is 7.49. The molecule has 0 saturated carbocycles. The van der Waals surface area contributed by atoms with Gasteiger partial charge in [-0.05, 0) is 20.1 Å². The van der Waals surface area contributed by atoms with Gasteiger partial charge in [-0.1, -0.05) is 0 Å². The van der Waals surface area contributed by atoms with Gasteiger partial charge in [0.25, 0.3) is 0 Å². The average molecular weight is 148 g/mol. The number of rotatable bonds is 2. The third-order valence-electron chi connectivity index (χ3n) is 1.19. The summed E-state index contributed by atoms with van der Waals surface area (Å²) in [5, 5.41) is 0. The van der Waals surface area contributed by atoms with E-state index in [1.807, 2.05) is 20.1 Å². The molecular weight excluding hydrogens is 136 g/mol. The van der Waals surface area contributed by atoms with Crippen LogP contribution in [0.3, 0.4) is 0 Å². The van der Waals surface area contributed by atoms with E-state index in [9.17, 15) is 4.79 Å². The Morgan fingerprint density at radius 1 is 1.56 bits per heavy atom. The van der Waals surface area contributed by atoms with Crippen molar-refractivity contribution in [2.24, 2.45) is 0 Å². The van der Waals surface area contributed by atoms with Gasteiger partial charge < -0.3 is 4.74 Å². The molecule has 0 atom stereocenters. The highest BCUT2D eigenvalue weighted by atomic mass is 32.2. The Morgan fingerprint density at radius 3 is 2.11 bits per heavy atom. The van der Waals surface area contributed by atoms with E-state index in [2.05, 4.69) is 4.74 Å². The van der Waals surface area contributed by atoms with E-state index in [0.717, 1.165) is 0 Å². The van der Waals surface area contributed by atoms with Crippen LogP contribution in [-0.4, -0.2) is 24.1 Å². The number of hydrogen-bond donors (Lipinski definition) is 0. The van der Waals surface area contributed by atoms with E-state index in [1.165, 1.54) is 18.9 Å². The Labute approximate surface area is 60.0 Å². The summed E-state index contributed by atoms with van der Waals surface area (Å²) in [6.07, 6.45) is 1.89. The molecular formula is C6H12O2S. The number of thioether (sulfide) groups is 1. The fraction of sp³-hybridized carbons (Fsp3) is 0.833. The van der Waals surface area contributed by atoms with Gasteiger partial charge in [0, 0.05) is 0 Å². The highest BCUT2D eigenvalue weighted by Gasteiger charge is 2.26. The number of methoxy groups -OCH3 is 1. The van der Waals surface area contributed by atoms with Crippen LogP contribution in [0.4, 0.5) is 0 Å². The van der Waals surface area contributed by atoms with Gasteiger partial charge in [0.15, 0.2) is 0 Å². The van der Waals surface area contributed by atoms with Crippen LogP contribution >= 0.6 is 11.8 Å². The van der Waals surface area contributed by atoms with E-state index in [4.69, 9.17) is 0 Å². The van der Waals surface area contributed by atoms with Crippen LogP contribution < -0.4 is 0 Å². The number of esters is 1. The van der Waals surface area contributed by atoms with E-state index in [0.29, 0.717) is 0 Å². The van der Waals surface area contributed by atoms with E-state index in [1.54, 1.807) is 0 Å². The summed E-state index contributed by atoms with van der Waals surface area (Å²) in [5.74, 6) is -0.171. The van der Waals surface area contributed by atoms with Crippen molar-refractivity contribution in [3.8, 4) is 0 Å². The van der Waals surface area contributed by atoms with Crippen LogP contribution in [-0.2, 0) is 9.53 Å². The van der Waals surface area contributed by atoms with Gasteiger partial charge in [-0.15, -0.1) is 11.8 Å². The molecule has 3 heteroatoms. The average Bonchev–Trinajstić information content (AvgIpc) is 1.86. The van der Waals surface area contributed by atoms with Crippen molar-refractivity contribution in [1.82, 2.24) is 0 Å². The van der Waals surface area contributed by atoms with Crippen LogP contribution in [0.2, 0.25) is 0 Å². The normalized spacial score (nSPS) is 11.1. The zero-order valence-corrected chi connectivity index (χ0v) is 7.04. The van der Waals surface area contributed by atoms with Crippen molar-refractivity contribution in [2.75, 3.05) is 13.4 Å². The van der Waals surface area contributed by atoms with Crippen molar-refractivity contribution >= 4 is 17.7 Å². The molecule has 0 heterocycles. The lowest BCUT2D eigenvalue weighted by Crippen LogP contribution is -2.28. The Morgan fingerprint density at radius 2 is 2.00 bits per heavy atom. The van der Waals surface area contributed by atoms with Gasteiger partial charge in [0.05, 0.1) is 7.11 Å².